The summed E-state index contributed by atoms with van der Waals surface area (Å²) in [6.07, 6.45) is 2.29. The van der Waals surface area contributed by atoms with Gasteiger partial charge in [-0.2, -0.15) is 0 Å². The van der Waals surface area contributed by atoms with E-state index in [9.17, 15) is 9.59 Å². The number of hydrogen-bond acceptors (Lipinski definition) is 4. The maximum absolute atomic E-state index is 12.7. The fourth-order valence-electron chi connectivity index (χ4n) is 3.55. The van der Waals surface area contributed by atoms with Gasteiger partial charge in [0.2, 0.25) is 5.91 Å². The molecule has 0 saturated heterocycles. The predicted octanol–water partition coefficient (Wildman–Crippen LogP) is 2.89. The monoisotopic (exact) mass is 389 g/mol. The van der Waals surface area contributed by atoms with Crippen LogP contribution in [0.3, 0.4) is 0 Å². The van der Waals surface area contributed by atoms with Crippen LogP contribution in [0.25, 0.3) is 11.3 Å². The zero-order valence-electron chi connectivity index (χ0n) is 16.4. The van der Waals surface area contributed by atoms with E-state index in [0.717, 1.165) is 17.7 Å². The third kappa shape index (κ3) is 4.21. The fraction of sp³-hybridized carbons (Fsp3) is 0.261. The number of ether oxygens (including phenoxy) is 1. The Morgan fingerprint density at radius 2 is 1.86 bits per heavy atom. The van der Waals surface area contributed by atoms with Crippen molar-refractivity contribution in [3.8, 4) is 17.0 Å². The molecule has 0 atom stereocenters. The molecule has 6 heteroatoms. The van der Waals surface area contributed by atoms with Crippen molar-refractivity contribution in [2.45, 2.75) is 26.4 Å². The summed E-state index contributed by atoms with van der Waals surface area (Å²) in [5, 5.41) is 0. The van der Waals surface area contributed by atoms with Gasteiger partial charge in [-0.25, -0.2) is 4.98 Å². The number of carbonyl (C=O) groups excluding carboxylic acids is 1. The molecule has 0 fully saturated rings. The van der Waals surface area contributed by atoms with Gasteiger partial charge in [0, 0.05) is 24.7 Å². The Hall–Kier alpha value is -3.41. The maximum Gasteiger partial charge on any atom is 0.254 e. The number of fused-ring (bicyclic) bond motifs is 1. The number of hydrogen-bond donors (Lipinski definition) is 0. The second kappa shape index (κ2) is 8.31. The summed E-state index contributed by atoms with van der Waals surface area (Å²) in [7, 11) is 0. The molecule has 6 nitrogen and oxygen atoms in total. The first-order valence-electron chi connectivity index (χ1n) is 9.78. The lowest BCUT2D eigenvalue weighted by Crippen LogP contribution is -2.39. The Morgan fingerprint density at radius 3 is 2.59 bits per heavy atom. The van der Waals surface area contributed by atoms with E-state index < -0.39 is 0 Å². The highest BCUT2D eigenvalue weighted by Gasteiger charge is 2.20. The Bertz CT molecular complexity index is 1070. The number of aromatic nitrogens is 2. The van der Waals surface area contributed by atoms with E-state index in [4.69, 9.17) is 4.74 Å². The summed E-state index contributed by atoms with van der Waals surface area (Å²) in [5.74, 6) is 0.704. The minimum absolute atomic E-state index is 0.00242. The summed E-state index contributed by atoms with van der Waals surface area (Å²) in [5.41, 5.74) is 3.62. The van der Waals surface area contributed by atoms with E-state index in [1.807, 2.05) is 49.4 Å². The highest BCUT2D eigenvalue weighted by Crippen LogP contribution is 2.20. The standard InChI is InChI=1S/C23H23N3O3/c1-2-29-20-9-7-18(8-10-20)21-13-22(27)26(16-24-21)15-23(28)25-12-11-17-5-3-4-6-19(17)14-25/h3-10,13,16H,2,11-12,14-15H2,1H3. The van der Waals surface area contributed by atoms with Crippen LogP contribution < -0.4 is 10.3 Å². The molecule has 4 rings (SSSR count). The first-order chi connectivity index (χ1) is 14.1. The minimum atomic E-state index is -0.241. The van der Waals surface area contributed by atoms with Crippen LogP contribution in [0, 0.1) is 0 Å². The number of carbonyl (C=O) groups is 1. The van der Waals surface area contributed by atoms with E-state index in [2.05, 4.69) is 11.1 Å². The molecule has 1 aliphatic rings. The highest BCUT2D eigenvalue weighted by molar-refractivity contribution is 5.76. The smallest absolute Gasteiger partial charge is 0.254 e. The van der Waals surface area contributed by atoms with Crippen LogP contribution >= 0.6 is 0 Å². The molecule has 0 radical (unpaired) electrons. The van der Waals surface area contributed by atoms with Crippen molar-refractivity contribution in [2.75, 3.05) is 13.2 Å². The van der Waals surface area contributed by atoms with E-state index >= 15 is 0 Å². The molecule has 0 aliphatic carbocycles. The quantitative estimate of drug-likeness (QED) is 0.673. The third-order valence-electron chi connectivity index (χ3n) is 5.13. The lowest BCUT2D eigenvalue weighted by atomic mass is 10.00. The number of benzene rings is 2. The highest BCUT2D eigenvalue weighted by atomic mass is 16.5. The van der Waals surface area contributed by atoms with Crippen LogP contribution in [0.15, 0.2) is 65.7 Å². The van der Waals surface area contributed by atoms with E-state index in [0.29, 0.717) is 25.4 Å². The van der Waals surface area contributed by atoms with Crippen LogP contribution in [0.5, 0.6) is 5.75 Å². The van der Waals surface area contributed by atoms with Gasteiger partial charge in [0.05, 0.1) is 18.6 Å². The molecule has 0 N–H and O–H groups in total. The summed E-state index contributed by atoms with van der Waals surface area (Å²) < 4.78 is 6.80. The molecule has 0 spiro atoms. The Labute approximate surface area is 169 Å². The average molecular weight is 389 g/mol. The van der Waals surface area contributed by atoms with Crippen LogP contribution in [-0.2, 0) is 24.3 Å². The van der Waals surface area contributed by atoms with Gasteiger partial charge in [-0.1, -0.05) is 24.3 Å². The largest absolute Gasteiger partial charge is 0.494 e. The molecular formula is C23H23N3O3. The lowest BCUT2D eigenvalue weighted by molar-refractivity contribution is -0.132. The predicted molar refractivity (Wildman–Crippen MR) is 111 cm³/mol. The summed E-state index contributed by atoms with van der Waals surface area (Å²) in [6.45, 7) is 3.78. The van der Waals surface area contributed by atoms with Crippen molar-refractivity contribution in [3.05, 3.63) is 82.4 Å². The molecule has 1 aliphatic heterocycles. The SMILES string of the molecule is CCOc1ccc(-c2cc(=O)n(CC(=O)N3CCc4ccccc4C3)cn2)cc1. The van der Waals surface area contributed by atoms with Crippen molar-refractivity contribution in [1.29, 1.82) is 0 Å². The lowest BCUT2D eigenvalue weighted by Gasteiger charge is -2.29. The summed E-state index contributed by atoms with van der Waals surface area (Å²) in [6, 6.07) is 17.1. The molecule has 29 heavy (non-hydrogen) atoms. The van der Waals surface area contributed by atoms with Crippen LogP contribution in [-0.4, -0.2) is 33.5 Å². The van der Waals surface area contributed by atoms with Gasteiger partial charge in [0.25, 0.3) is 5.56 Å². The molecule has 0 bridgehead atoms. The fourth-order valence-corrected chi connectivity index (χ4v) is 3.55. The third-order valence-corrected chi connectivity index (χ3v) is 5.13. The van der Waals surface area contributed by atoms with Gasteiger partial charge in [-0.3, -0.25) is 14.2 Å². The minimum Gasteiger partial charge on any atom is -0.494 e. The van der Waals surface area contributed by atoms with E-state index in [-0.39, 0.29) is 18.0 Å². The van der Waals surface area contributed by atoms with Crippen LogP contribution in [0.1, 0.15) is 18.1 Å². The molecule has 0 saturated carbocycles. The molecule has 3 aromatic rings. The summed E-state index contributed by atoms with van der Waals surface area (Å²) >= 11 is 0. The Morgan fingerprint density at radius 1 is 1.10 bits per heavy atom. The molecule has 1 amide bonds. The van der Waals surface area contributed by atoms with E-state index in [1.54, 1.807) is 4.90 Å². The topological polar surface area (TPSA) is 64.4 Å². The van der Waals surface area contributed by atoms with Gasteiger partial charge >= 0.3 is 0 Å². The second-order valence-corrected chi connectivity index (χ2v) is 7.03. The number of amides is 1. The average Bonchev–Trinajstić information content (AvgIpc) is 2.75. The van der Waals surface area contributed by atoms with Crippen molar-refractivity contribution >= 4 is 5.91 Å². The van der Waals surface area contributed by atoms with Gasteiger partial charge < -0.3 is 9.64 Å². The molecule has 1 aromatic heterocycles. The Kier molecular flexibility index (Phi) is 5.42. The maximum atomic E-state index is 12.7. The second-order valence-electron chi connectivity index (χ2n) is 7.03. The number of rotatable bonds is 5. The zero-order valence-corrected chi connectivity index (χ0v) is 16.4. The van der Waals surface area contributed by atoms with Gasteiger partial charge in [0.15, 0.2) is 0 Å². The van der Waals surface area contributed by atoms with Crippen molar-refractivity contribution < 1.29 is 9.53 Å². The van der Waals surface area contributed by atoms with Crippen molar-refractivity contribution in [2.24, 2.45) is 0 Å². The molecule has 2 aromatic carbocycles. The van der Waals surface area contributed by atoms with E-state index in [1.165, 1.54) is 28.1 Å². The molecular weight excluding hydrogens is 366 g/mol. The van der Waals surface area contributed by atoms with Gasteiger partial charge in [0.1, 0.15) is 12.3 Å². The molecule has 148 valence electrons. The molecule has 0 unspecified atom stereocenters. The molecule has 2 heterocycles. The zero-order chi connectivity index (χ0) is 20.2. The summed E-state index contributed by atoms with van der Waals surface area (Å²) in [4.78, 5) is 31.4. The van der Waals surface area contributed by atoms with Crippen molar-refractivity contribution in [1.82, 2.24) is 14.5 Å². The number of nitrogens with zero attached hydrogens (tertiary/aromatic N) is 3. The van der Waals surface area contributed by atoms with Crippen LogP contribution in [0.4, 0.5) is 0 Å². The first kappa shape index (κ1) is 18.9. The normalized spacial score (nSPS) is 13.1. The van der Waals surface area contributed by atoms with Gasteiger partial charge in [-0.15, -0.1) is 0 Å². The van der Waals surface area contributed by atoms with Crippen LogP contribution in [0.2, 0.25) is 0 Å². The van der Waals surface area contributed by atoms with Crippen molar-refractivity contribution in [3.63, 3.8) is 0 Å². The Balaban J connectivity index is 1.46. The van der Waals surface area contributed by atoms with Gasteiger partial charge in [-0.05, 0) is 48.7 Å². The first-order valence-corrected chi connectivity index (χ1v) is 9.78.